The van der Waals surface area contributed by atoms with Crippen LogP contribution in [-0.4, -0.2) is 5.75 Å². The van der Waals surface area contributed by atoms with Gasteiger partial charge in [-0.05, 0) is 46.7 Å². The molecule has 0 saturated heterocycles. The highest BCUT2D eigenvalue weighted by molar-refractivity contribution is 14.1. The van der Waals surface area contributed by atoms with Crippen molar-refractivity contribution >= 4 is 34.4 Å². The predicted octanol–water partition coefficient (Wildman–Crippen LogP) is 2.94. The van der Waals surface area contributed by atoms with Gasteiger partial charge in [-0.15, -0.1) is 11.8 Å². The summed E-state index contributed by atoms with van der Waals surface area (Å²) in [6, 6.07) is 6.54. The van der Waals surface area contributed by atoms with Crippen LogP contribution in [0.2, 0.25) is 0 Å². The fourth-order valence-corrected chi connectivity index (χ4v) is 3.22. The first-order chi connectivity index (χ1) is 4.88. The summed E-state index contributed by atoms with van der Waals surface area (Å²) in [7, 11) is 0. The number of thioether (sulfide) groups is 1. The third kappa shape index (κ3) is 1.07. The molecule has 2 heteroatoms. The number of benzene rings is 1. The van der Waals surface area contributed by atoms with Gasteiger partial charge in [0.1, 0.15) is 0 Å². The molecule has 1 aromatic carbocycles. The Labute approximate surface area is 78.5 Å². The Kier molecular flexibility index (Phi) is 1.91. The van der Waals surface area contributed by atoms with E-state index in [-0.39, 0.29) is 0 Å². The van der Waals surface area contributed by atoms with Crippen LogP contribution in [-0.2, 0) is 6.42 Å². The second-order valence-electron chi connectivity index (χ2n) is 2.31. The second kappa shape index (κ2) is 2.74. The Morgan fingerprint density at radius 3 is 3.10 bits per heavy atom. The van der Waals surface area contributed by atoms with Crippen molar-refractivity contribution in [2.45, 2.75) is 11.3 Å². The molecule has 0 bridgehead atoms. The van der Waals surface area contributed by atoms with E-state index in [9.17, 15) is 0 Å². The molecular formula is C8H7IS. The highest BCUT2D eigenvalue weighted by Crippen LogP contribution is 2.33. The molecule has 0 unspecified atom stereocenters. The van der Waals surface area contributed by atoms with Crippen LogP contribution in [0.15, 0.2) is 23.1 Å². The molecule has 0 spiro atoms. The Bertz CT molecular complexity index is 257. The van der Waals surface area contributed by atoms with E-state index in [0.29, 0.717) is 0 Å². The lowest BCUT2D eigenvalue weighted by atomic mass is 10.2. The van der Waals surface area contributed by atoms with Gasteiger partial charge in [0.05, 0.1) is 0 Å². The van der Waals surface area contributed by atoms with Crippen molar-refractivity contribution in [3.05, 3.63) is 27.3 Å². The van der Waals surface area contributed by atoms with Crippen molar-refractivity contribution in [1.29, 1.82) is 0 Å². The van der Waals surface area contributed by atoms with Gasteiger partial charge in [0.15, 0.2) is 0 Å². The van der Waals surface area contributed by atoms with E-state index in [4.69, 9.17) is 0 Å². The fraction of sp³-hybridized carbons (Fsp3) is 0.250. The normalized spacial score (nSPS) is 15.3. The van der Waals surface area contributed by atoms with Gasteiger partial charge in [0, 0.05) is 14.2 Å². The molecule has 0 aliphatic carbocycles. The molecule has 52 valence electrons. The topological polar surface area (TPSA) is 0 Å². The zero-order valence-electron chi connectivity index (χ0n) is 5.43. The predicted molar refractivity (Wildman–Crippen MR) is 53.6 cm³/mol. The van der Waals surface area contributed by atoms with Crippen LogP contribution in [0.5, 0.6) is 0 Å². The van der Waals surface area contributed by atoms with Gasteiger partial charge in [-0.1, -0.05) is 6.07 Å². The van der Waals surface area contributed by atoms with Gasteiger partial charge in [-0.3, -0.25) is 0 Å². The fourth-order valence-electron chi connectivity index (χ4n) is 1.18. The SMILES string of the molecule is Ic1cccc2c1CCS2. The number of fused-ring (bicyclic) bond motifs is 1. The number of rotatable bonds is 0. The molecule has 0 amide bonds. The first-order valence-corrected chi connectivity index (χ1v) is 5.34. The third-order valence-corrected chi connectivity index (χ3v) is 3.80. The maximum atomic E-state index is 2.41. The van der Waals surface area contributed by atoms with Crippen LogP contribution in [0.3, 0.4) is 0 Å². The van der Waals surface area contributed by atoms with Crippen molar-refractivity contribution in [3.8, 4) is 0 Å². The van der Waals surface area contributed by atoms with Crippen LogP contribution in [0.1, 0.15) is 5.56 Å². The van der Waals surface area contributed by atoms with Crippen molar-refractivity contribution in [2.75, 3.05) is 5.75 Å². The van der Waals surface area contributed by atoms with Gasteiger partial charge < -0.3 is 0 Å². The molecule has 0 radical (unpaired) electrons. The maximum absolute atomic E-state index is 2.41. The lowest BCUT2D eigenvalue weighted by Gasteiger charge is -1.98. The Balaban J connectivity index is 2.59. The van der Waals surface area contributed by atoms with Crippen molar-refractivity contribution < 1.29 is 0 Å². The minimum Gasteiger partial charge on any atom is -0.125 e. The summed E-state index contributed by atoms with van der Waals surface area (Å²) in [5.41, 5.74) is 1.56. The van der Waals surface area contributed by atoms with Crippen LogP contribution < -0.4 is 0 Å². The molecule has 0 nitrogen and oxygen atoms in total. The average Bonchev–Trinajstić information content (AvgIpc) is 2.36. The van der Waals surface area contributed by atoms with Crippen LogP contribution in [0, 0.1) is 3.57 Å². The molecule has 0 aromatic heterocycles. The van der Waals surface area contributed by atoms with E-state index < -0.39 is 0 Å². The number of hydrogen-bond acceptors (Lipinski definition) is 1. The second-order valence-corrected chi connectivity index (χ2v) is 4.61. The van der Waals surface area contributed by atoms with E-state index >= 15 is 0 Å². The Morgan fingerprint density at radius 1 is 1.40 bits per heavy atom. The van der Waals surface area contributed by atoms with E-state index in [1.807, 2.05) is 11.8 Å². The molecule has 0 atom stereocenters. The Hall–Kier alpha value is 0.300. The van der Waals surface area contributed by atoms with Gasteiger partial charge in [-0.25, -0.2) is 0 Å². The summed E-state index contributed by atoms with van der Waals surface area (Å²) in [6.45, 7) is 0. The molecule has 0 saturated carbocycles. The minimum atomic E-state index is 1.26. The molecular weight excluding hydrogens is 255 g/mol. The standard InChI is InChI=1S/C8H7IS/c9-7-2-1-3-8-6(7)4-5-10-8/h1-3H,4-5H2. The summed E-state index contributed by atoms with van der Waals surface area (Å²) in [6.07, 6.45) is 1.26. The lowest BCUT2D eigenvalue weighted by molar-refractivity contribution is 1.13. The lowest BCUT2D eigenvalue weighted by Crippen LogP contribution is -1.84. The first-order valence-electron chi connectivity index (χ1n) is 3.28. The summed E-state index contributed by atoms with van der Waals surface area (Å²) in [5.74, 6) is 1.27. The molecule has 1 aromatic rings. The van der Waals surface area contributed by atoms with Gasteiger partial charge in [0.2, 0.25) is 0 Å². The van der Waals surface area contributed by atoms with E-state index in [2.05, 4.69) is 40.8 Å². The molecule has 10 heavy (non-hydrogen) atoms. The average molecular weight is 262 g/mol. The smallest absolute Gasteiger partial charge is 0.0173 e. The van der Waals surface area contributed by atoms with Gasteiger partial charge in [-0.2, -0.15) is 0 Å². The van der Waals surface area contributed by atoms with Crippen molar-refractivity contribution in [3.63, 3.8) is 0 Å². The van der Waals surface area contributed by atoms with Crippen molar-refractivity contribution in [2.24, 2.45) is 0 Å². The third-order valence-electron chi connectivity index (χ3n) is 1.69. The van der Waals surface area contributed by atoms with Gasteiger partial charge >= 0.3 is 0 Å². The van der Waals surface area contributed by atoms with Crippen molar-refractivity contribution in [1.82, 2.24) is 0 Å². The van der Waals surface area contributed by atoms with E-state index in [1.165, 1.54) is 20.6 Å². The first kappa shape index (κ1) is 6.98. The quantitative estimate of drug-likeness (QED) is 0.648. The van der Waals surface area contributed by atoms with E-state index in [0.717, 1.165) is 0 Å². The summed E-state index contributed by atoms with van der Waals surface area (Å²) < 4.78 is 1.43. The van der Waals surface area contributed by atoms with E-state index in [1.54, 1.807) is 5.56 Å². The molecule has 1 heterocycles. The van der Waals surface area contributed by atoms with Crippen LogP contribution in [0.4, 0.5) is 0 Å². The minimum absolute atomic E-state index is 1.26. The summed E-state index contributed by atoms with van der Waals surface area (Å²) in [5, 5.41) is 0. The molecule has 0 fully saturated rings. The molecule has 2 rings (SSSR count). The molecule has 1 aliphatic heterocycles. The number of hydrogen-bond donors (Lipinski definition) is 0. The summed E-state index contributed by atoms with van der Waals surface area (Å²) >= 11 is 4.39. The Morgan fingerprint density at radius 2 is 2.30 bits per heavy atom. The largest absolute Gasteiger partial charge is 0.125 e. The zero-order chi connectivity index (χ0) is 6.97. The number of halogens is 1. The monoisotopic (exact) mass is 262 g/mol. The molecule has 1 aliphatic rings. The van der Waals surface area contributed by atoms with Crippen LogP contribution in [0.25, 0.3) is 0 Å². The highest BCUT2D eigenvalue weighted by atomic mass is 127. The highest BCUT2D eigenvalue weighted by Gasteiger charge is 2.12. The maximum Gasteiger partial charge on any atom is 0.0173 e. The van der Waals surface area contributed by atoms with Gasteiger partial charge in [0.25, 0.3) is 0 Å². The molecule has 0 N–H and O–H groups in total. The van der Waals surface area contributed by atoms with Crippen LogP contribution >= 0.6 is 34.4 Å². The summed E-state index contributed by atoms with van der Waals surface area (Å²) in [4.78, 5) is 1.49. The zero-order valence-corrected chi connectivity index (χ0v) is 8.41.